The number of anilines is 1. The van der Waals surface area contributed by atoms with Gasteiger partial charge in [-0.1, -0.05) is 5.21 Å². The Hall–Kier alpha value is -2.61. The van der Waals surface area contributed by atoms with Crippen molar-refractivity contribution in [2.45, 2.75) is 25.8 Å². The van der Waals surface area contributed by atoms with Crippen molar-refractivity contribution in [2.24, 2.45) is 0 Å². The van der Waals surface area contributed by atoms with Crippen LogP contribution in [0.1, 0.15) is 36.3 Å². The first kappa shape index (κ1) is 17.2. The minimum absolute atomic E-state index is 0.292. The molecule has 8 nitrogen and oxygen atoms in total. The molecule has 134 valence electrons. The van der Waals surface area contributed by atoms with E-state index < -0.39 is 0 Å². The smallest absolute Gasteiger partial charge is 0.277 e. The fourth-order valence-electron chi connectivity index (χ4n) is 2.85. The van der Waals surface area contributed by atoms with Gasteiger partial charge in [0.05, 0.1) is 26.0 Å². The molecule has 1 saturated heterocycles. The summed E-state index contributed by atoms with van der Waals surface area (Å²) in [7, 11) is 1.56. The summed E-state index contributed by atoms with van der Waals surface area (Å²) in [5, 5.41) is 14.2. The quantitative estimate of drug-likeness (QED) is 0.830. The number of hydrogen-bond donors (Lipinski definition) is 2. The Morgan fingerprint density at radius 2 is 2.16 bits per heavy atom. The third kappa shape index (κ3) is 4.08. The van der Waals surface area contributed by atoms with Crippen molar-refractivity contribution in [3.05, 3.63) is 30.1 Å². The summed E-state index contributed by atoms with van der Waals surface area (Å²) in [4.78, 5) is 12.4. The van der Waals surface area contributed by atoms with Crippen LogP contribution in [0.4, 0.5) is 5.69 Å². The van der Waals surface area contributed by atoms with Crippen LogP contribution in [0, 0.1) is 0 Å². The molecule has 2 heterocycles. The topological polar surface area (TPSA) is 90.3 Å². The minimum Gasteiger partial charge on any atom is -0.493 e. The zero-order valence-electron chi connectivity index (χ0n) is 14.5. The number of amides is 1. The van der Waals surface area contributed by atoms with Crippen LogP contribution in [0.25, 0.3) is 0 Å². The van der Waals surface area contributed by atoms with Crippen LogP contribution in [-0.2, 0) is 0 Å². The highest BCUT2D eigenvalue weighted by Gasteiger charge is 2.19. The van der Waals surface area contributed by atoms with E-state index >= 15 is 0 Å². The van der Waals surface area contributed by atoms with Gasteiger partial charge in [-0.05, 0) is 45.0 Å². The van der Waals surface area contributed by atoms with Crippen LogP contribution in [0.15, 0.2) is 24.4 Å². The molecule has 0 aliphatic carbocycles. The molecule has 0 spiro atoms. The third-order valence-electron chi connectivity index (χ3n) is 4.15. The molecule has 3 rings (SSSR count). The van der Waals surface area contributed by atoms with E-state index in [0.717, 1.165) is 25.9 Å². The van der Waals surface area contributed by atoms with Crippen molar-refractivity contribution >= 4 is 11.6 Å². The predicted octanol–water partition coefficient (Wildman–Crippen LogP) is 1.86. The SMILES string of the molecule is CCOc1ccc(NC(=O)c2cn(C3CCNCC3)nn2)cc1OC. The number of rotatable bonds is 6. The summed E-state index contributed by atoms with van der Waals surface area (Å²) in [6, 6.07) is 5.55. The van der Waals surface area contributed by atoms with Gasteiger partial charge in [-0.15, -0.1) is 5.10 Å². The second kappa shape index (κ2) is 7.98. The standard InChI is InChI=1S/C17H23N5O3/c1-3-25-15-5-4-12(10-16(15)24-2)19-17(23)14-11-22(21-20-14)13-6-8-18-9-7-13/h4-5,10-11,13,18H,3,6-9H2,1-2H3,(H,19,23). The molecule has 0 saturated carbocycles. The van der Waals surface area contributed by atoms with Gasteiger partial charge in [-0.2, -0.15) is 0 Å². The second-order valence-corrected chi connectivity index (χ2v) is 5.82. The van der Waals surface area contributed by atoms with Gasteiger partial charge in [0.15, 0.2) is 17.2 Å². The Balaban J connectivity index is 1.68. The Morgan fingerprint density at radius 1 is 1.36 bits per heavy atom. The van der Waals surface area contributed by atoms with Crippen LogP contribution in [0.2, 0.25) is 0 Å². The Bertz CT molecular complexity index is 725. The lowest BCUT2D eigenvalue weighted by Crippen LogP contribution is -2.29. The lowest BCUT2D eigenvalue weighted by atomic mass is 10.1. The number of methoxy groups -OCH3 is 1. The number of nitrogens with one attached hydrogen (secondary N) is 2. The van der Waals surface area contributed by atoms with Gasteiger partial charge in [0.2, 0.25) is 0 Å². The number of aromatic nitrogens is 3. The van der Waals surface area contributed by atoms with E-state index in [2.05, 4.69) is 20.9 Å². The van der Waals surface area contributed by atoms with E-state index in [4.69, 9.17) is 9.47 Å². The van der Waals surface area contributed by atoms with Crippen LogP contribution in [0.3, 0.4) is 0 Å². The monoisotopic (exact) mass is 345 g/mol. The average molecular weight is 345 g/mol. The molecule has 2 N–H and O–H groups in total. The highest BCUT2D eigenvalue weighted by atomic mass is 16.5. The summed E-state index contributed by atoms with van der Waals surface area (Å²) in [5.74, 6) is 0.907. The van der Waals surface area contributed by atoms with Crippen molar-refractivity contribution in [1.82, 2.24) is 20.3 Å². The van der Waals surface area contributed by atoms with Crippen molar-refractivity contribution in [3.8, 4) is 11.5 Å². The minimum atomic E-state index is -0.300. The van der Waals surface area contributed by atoms with Gasteiger partial charge in [-0.25, -0.2) is 4.68 Å². The maximum atomic E-state index is 12.4. The zero-order valence-corrected chi connectivity index (χ0v) is 14.5. The van der Waals surface area contributed by atoms with Gasteiger partial charge in [0.25, 0.3) is 5.91 Å². The maximum absolute atomic E-state index is 12.4. The second-order valence-electron chi connectivity index (χ2n) is 5.82. The summed E-state index contributed by atoms with van der Waals surface area (Å²) in [6.45, 7) is 4.36. The number of benzene rings is 1. The lowest BCUT2D eigenvalue weighted by molar-refractivity contribution is 0.102. The summed E-state index contributed by atoms with van der Waals surface area (Å²) < 4.78 is 12.6. The van der Waals surface area contributed by atoms with Gasteiger partial charge in [0, 0.05) is 11.8 Å². The Kier molecular flexibility index (Phi) is 5.49. The van der Waals surface area contributed by atoms with Crippen molar-refractivity contribution in [1.29, 1.82) is 0 Å². The van der Waals surface area contributed by atoms with Crippen LogP contribution in [0.5, 0.6) is 11.5 Å². The van der Waals surface area contributed by atoms with Crippen molar-refractivity contribution < 1.29 is 14.3 Å². The van der Waals surface area contributed by atoms with Crippen molar-refractivity contribution in [2.75, 3.05) is 32.1 Å². The molecule has 0 unspecified atom stereocenters. The highest BCUT2D eigenvalue weighted by Crippen LogP contribution is 2.30. The fraction of sp³-hybridized carbons (Fsp3) is 0.471. The van der Waals surface area contributed by atoms with Gasteiger partial charge < -0.3 is 20.1 Å². The number of nitrogens with zero attached hydrogens (tertiary/aromatic N) is 3. The average Bonchev–Trinajstić information content (AvgIpc) is 3.14. The van der Waals surface area contributed by atoms with E-state index in [0.29, 0.717) is 35.5 Å². The molecule has 0 radical (unpaired) electrons. The number of carbonyl (C=O) groups is 1. The van der Waals surface area contributed by atoms with Gasteiger partial charge >= 0.3 is 0 Å². The molecule has 1 aromatic heterocycles. The fourth-order valence-corrected chi connectivity index (χ4v) is 2.85. The molecule has 1 aromatic carbocycles. The Morgan fingerprint density at radius 3 is 2.88 bits per heavy atom. The van der Waals surface area contributed by atoms with Crippen LogP contribution < -0.4 is 20.1 Å². The molecular formula is C17H23N5O3. The summed E-state index contributed by atoms with van der Waals surface area (Å²) in [6.07, 6.45) is 3.68. The number of hydrogen-bond acceptors (Lipinski definition) is 6. The van der Waals surface area contributed by atoms with Crippen molar-refractivity contribution in [3.63, 3.8) is 0 Å². The molecular weight excluding hydrogens is 322 g/mol. The first-order valence-corrected chi connectivity index (χ1v) is 8.46. The molecule has 25 heavy (non-hydrogen) atoms. The zero-order chi connectivity index (χ0) is 17.6. The first-order valence-electron chi connectivity index (χ1n) is 8.46. The normalized spacial score (nSPS) is 15.0. The molecule has 1 aliphatic rings. The maximum Gasteiger partial charge on any atom is 0.277 e. The number of ether oxygens (including phenoxy) is 2. The molecule has 0 bridgehead atoms. The summed E-state index contributed by atoms with van der Waals surface area (Å²) in [5.41, 5.74) is 0.910. The first-order chi connectivity index (χ1) is 12.2. The van der Waals surface area contributed by atoms with E-state index in [9.17, 15) is 4.79 Å². The highest BCUT2D eigenvalue weighted by molar-refractivity contribution is 6.02. The molecule has 1 aliphatic heterocycles. The molecule has 8 heteroatoms. The number of piperidine rings is 1. The van der Waals surface area contributed by atoms with E-state index in [1.165, 1.54) is 0 Å². The van der Waals surface area contributed by atoms with E-state index in [-0.39, 0.29) is 5.91 Å². The number of carbonyl (C=O) groups excluding carboxylic acids is 1. The van der Waals surface area contributed by atoms with E-state index in [1.54, 1.807) is 36.2 Å². The molecule has 0 atom stereocenters. The molecule has 1 amide bonds. The third-order valence-corrected chi connectivity index (χ3v) is 4.15. The van der Waals surface area contributed by atoms with Gasteiger partial charge in [0.1, 0.15) is 0 Å². The van der Waals surface area contributed by atoms with Crippen LogP contribution >= 0.6 is 0 Å². The molecule has 1 fully saturated rings. The lowest BCUT2D eigenvalue weighted by Gasteiger charge is -2.22. The van der Waals surface area contributed by atoms with E-state index in [1.807, 2.05) is 6.92 Å². The predicted molar refractivity (Wildman–Crippen MR) is 93.3 cm³/mol. The van der Waals surface area contributed by atoms with Crippen LogP contribution in [-0.4, -0.2) is 47.7 Å². The molecule has 2 aromatic rings. The van der Waals surface area contributed by atoms with Gasteiger partial charge in [-0.3, -0.25) is 4.79 Å². The Labute approximate surface area is 146 Å². The largest absolute Gasteiger partial charge is 0.493 e. The summed E-state index contributed by atoms with van der Waals surface area (Å²) >= 11 is 0.